The van der Waals surface area contributed by atoms with Crippen LogP contribution in [0, 0.1) is 11.6 Å². The maximum Gasteiger partial charge on any atom is 0.186 e. The SMILES string of the molecule is Fc1ccc2[nH]c(CCC3CCCCN3)nc2c1F. The highest BCUT2D eigenvalue weighted by Crippen LogP contribution is 2.19. The third-order valence-corrected chi connectivity index (χ3v) is 3.74. The van der Waals surface area contributed by atoms with Gasteiger partial charge in [-0.3, -0.25) is 0 Å². The van der Waals surface area contributed by atoms with E-state index in [1.165, 1.54) is 25.3 Å². The van der Waals surface area contributed by atoms with Gasteiger partial charge in [-0.25, -0.2) is 13.8 Å². The van der Waals surface area contributed by atoms with Crippen LogP contribution in [0.5, 0.6) is 0 Å². The fourth-order valence-electron chi connectivity index (χ4n) is 2.67. The second-order valence-electron chi connectivity index (χ2n) is 5.13. The second-order valence-corrected chi connectivity index (χ2v) is 5.13. The third kappa shape index (κ3) is 2.61. The molecular weight excluding hydrogens is 248 g/mol. The predicted octanol–water partition coefficient (Wildman–Crippen LogP) is 2.92. The average molecular weight is 265 g/mol. The summed E-state index contributed by atoms with van der Waals surface area (Å²) in [5.74, 6) is -0.984. The van der Waals surface area contributed by atoms with E-state index < -0.39 is 11.6 Å². The Morgan fingerprint density at radius 1 is 1.26 bits per heavy atom. The fourth-order valence-corrected chi connectivity index (χ4v) is 2.67. The van der Waals surface area contributed by atoms with Gasteiger partial charge in [-0.05, 0) is 37.9 Å². The molecule has 1 saturated heterocycles. The number of halogens is 2. The molecule has 2 heterocycles. The number of H-pyrrole nitrogens is 1. The Bertz CT molecular complexity index is 573. The molecule has 3 rings (SSSR count). The smallest absolute Gasteiger partial charge is 0.186 e. The van der Waals surface area contributed by atoms with Crippen molar-refractivity contribution in [2.75, 3.05) is 6.54 Å². The van der Waals surface area contributed by atoms with Crippen LogP contribution in [0.1, 0.15) is 31.5 Å². The van der Waals surface area contributed by atoms with Gasteiger partial charge in [0.15, 0.2) is 11.6 Å². The van der Waals surface area contributed by atoms with E-state index >= 15 is 0 Å². The van der Waals surface area contributed by atoms with Crippen LogP contribution in [0.2, 0.25) is 0 Å². The Hall–Kier alpha value is -1.49. The molecule has 5 heteroatoms. The molecule has 0 radical (unpaired) electrons. The molecule has 1 aliphatic rings. The predicted molar refractivity (Wildman–Crippen MR) is 70.0 cm³/mol. The molecule has 19 heavy (non-hydrogen) atoms. The van der Waals surface area contributed by atoms with Gasteiger partial charge in [-0.15, -0.1) is 0 Å². The number of nitrogens with zero attached hydrogens (tertiary/aromatic N) is 1. The van der Waals surface area contributed by atoms with E-state index in [0.29, 0.717) is 11.6 Å². The zero-order valence-corrected chi connectivity index (χ0v) is 10.7. The minimum atomic E-state index is -0.865. The number of aryl methyl sites for hydroxylation is 1. The summed E-state index contributed by atoms with van der Waals surface area (Å²) in [6, 6.07) is 3.18. The molecule has 0 bridgehead atoms. The van der Waals surface area contributed by atoms with Crippen LogP contribution in [-0.2, 0) is 6.42 Å². The summed E-state index contributed by atoms with van der Waals surface area (Å²) in [5.41, 5.74) is 0.664. The van der Waals surface area contributed by atoms with Gasteiger partial charge in [0.2, 0.25) is 0 Å². The summed E-state index contributed by atoms with van der Waals surface area (Å²) in [6.07, 6.45) is 5.42. The normalized spacial score (nSPS) is 20.0. The molecule has 1 unspecified atom stereocenters. The lowest BCUT2D eigenvalue weighted by Gasteiger charge is -2.22. The number of aromatic amines is 1. The molecule has 2 N–H and O–H groups in total. The molecule has 0 amide bonds. The lowest BCUT2D eigenvalue weighted by Crippen LogP contribution is -2.34. The summed E-state index contributed by atoms with van der Waals surface area (Å²) >= 11 is 0. The maximum atomic E-state index is 13.5. The molecule has 1 aromatic heterocycles. The first kappa shape index (κ1) is 12.5. The largest absolute Gasteiger partial charge is 0.342 e. The van der Waals surface area contributed by atoms with Crippen molar-refractivity contribution in [3.63, 3.8) is 0 Å². The van der Waals surface area contributed by atoms with Crippen LogP contribution >= 0.6 is 0 Å². The molecule has 2 aromatic rings. The lowest BCUT2D eigenvalue weighted by molar-refractivity contribution is 0.381. The van der Waals surface area contributed by atoms with Crippen molar-refractivity contribution >= 4 is 11.0 Å². The first-order chi connectivity index (χ1) is 9.24. The molecular formula is C14H17F2N3. The monoisotopic (exact) mass is 265 g/mol. The summed E-state index contributed by atoms with van der Waals surface area (Å²) < 4.78 is 26.6. The number of hydrogen-bond donors (Lipinski definition) is 2. The summed E-state index contributed by atoms with van der Waals surface area (Å²) in [7, 11) is 0. The minimum absolute atomic E-state index is 0.103. The van der Waals surface area contributed by atoms with Gasteiger partial charge >= 0.3 is 0 Å². The average Bonchev–Trinajstić information content (AvgIpc) is 2.86. The minimum Gasteiger partial charge on any atom is -0.342 e. The van der Waals surface area contributed by atoms with E-state index in [1.54, 1.807) is 0 Å². The van der Waals surface area contributed by atoms with Crippen LogP contribution in [0.4, 0.5) is 8.78 Å². The first-order valence-electron chi connectivity index (χ1n) is 6.80. The molecule has 0 spiro atoms. The number of benzene rings is 1. The van der Waals surface area contributed by atoms with Crippen molar-refractivity contribution in [3.8, 4) is 0 Å². The number of piperidine rings is 1. The Labute approximate surface area is 110 Å². The van der Waals surface area contributed by atoms with E-state index in [4.69, 9.17) is 0 Å². The van der Waals surface area contributed by atoms with E-state index in [9.17, 15) is 8.78 Å². The number of rotatable bonds is 3. The Morgan fingerprint density at radius 3 is 2.95 bits per heavy atom. The Morgan fingerprint density at radius 2 is 2.16 bits per heavy atom. The van der Waals surface area contributed by atoms with Crippen LogP contribution in [0.3, 0.4) is 0 Å². The number of nitrogens with one attached hydrogen (secondary N) is 2. The van der Waals surface area contributed by atoms with Crippen molar-refractivity contribution in [2.45, 2.75) is 38.1 Å². The summed E-state index contributed by atoms with van der Waals surface area (Å²) in [6.45, 7) is 1.07. The Balaban J connectivity index is 1.72. The van der Waals surface area contributed by atoms with Gasteiger partial charge in [0.1, 0.15) is 11.3 Å². The van der Waals surface area contributed by atoms with Crippen LogP contribution < -0.4 is 5.32 Å². The molecule has 1 aliphatic heterocycles. The quantitative estimate of drug-likeness (QED) is 0.896. The number of hydrogen-bond acceptors (Lipinski definition) is 2. The van der Waals surface area contributed by atoms with Crippen molar-refractivity contribution in [2.24, 2.45) is 0 Å². The topological polar surface area (TPSA) is 40.7 Å². The van der Waals surface area contributed by atoms with Crippen LogP contribution in [-0.4, -0.2) is 22.6 Å². The van der Waals surface area contributed by atoms with E-state index in [-0.39, 0.29) is 5.52 Å². The molecule has 102 valence electrons. The van der Waals surface area contributed by atoms with E-state index in [0.717, 1.165) is 31.3 Å². The highest BCUT2D eigenvalue weighted by atomic mass is 19.2. The lowest BCUT2D eigenvalue weighted by atomic mass is 10.0. The van der Waals surface area contributed by atoms with Crippen molar-refractivity contribution < 1.29 is 8.78 Å². The van der Waals surface area contributed by atoms with E-state index in [1.807, 2.05) is 0 Å². The zero-order valence-electron chi connectivity index (χ0n) is 10.7. The Kier molecular flexibility index (Phi) is 3.46. The highest BCUT2D eigenvalue weighted by Gasteiger charge is 2.15. The third-order valence-electron chi connectivity index (χ3n) is 3.74. The maximum absolute atomic E-state index is 13.5. The number of fused-ring (bicyclic) bond motifs is 1. The molecule has 1 aromatic carbocycles. The van der Waals surface area contributed by atoms with Gasteiger partial charge in [-0.2, -0.15) is 0 Å². The summed E-state index contributed by atoms with van der Waals surface area (Å²) in [5, 5.41) is 3.47. The number of aromatic nitrogens is 2. The van der Waals surface area contributed by atoms with Gasteiger partial charge in [-0.1, -0.05) is 6.42 Å². The summed E-state index contributed by atoms with van der Waals surface area (Å²) in [4.78, 5) is 7.22. The molecule has 1 atom stereocenters. The first-order valence-corrected chi connectivity index (χ1v) is 6.80. The molecule has 3 nitrogen and oxygen atoms in total. The van der Waals surface area contributed by atoms with Crippen LogP contribution in [0.25, 0.3) is 11.0 Å². The molecule has 0 aliphatic carbocycles. The van der Waals surface area contributed by atoms with Crippen molar-refractivity contribution in [1.29, 1.82) is 0 Å². The second kappa shape index (κ2) is 5.25. The van der Waals surface area contributed by atoms with Gasteiger partial charge in [0, 0.05) is 12.5 Å². The van der Waals surface area contributed by atoms with E-state index in [2.05, 4.69) is 15.3 Å². The van der Waals surface area contributed by atoms with Gasteiger partial charge < -0.3 is 10.3 Å². The molecule has 0 saturated carbocycles. The van der Waals surface area contributed by atoms with Gasteiger partial charge in [0.05, 0.1) is 5.52 Å². The fraction of sp³-hybridized carbons (Fsp3) is 0.500. The highest BCUT2D eigenvalue weighted by molar-refractivity contribution is 5.75. The standard InChI is InChI=1S/C14H17F2N3/c15-10-5-6-11-14(13(10)16)19-12(18-11)7-4-9-3-1-2-8-17-9/h5-6,9,17H,1-4,7-8H2,(H,18,19). The van der Waals surface area contributed by atoms with Crippen molar-refractivity contribution in [1.82, 2.24) is 15.3 Å². The molecule has 1 fully saturated rings. The van der Waals surface area contributed by atoms with Gasteiger partial charge in [0.25, 0.3) is 0 Å². The van der Waals surface area contributed by atoms with Crippen molar-refractivity contribution in [3.05, 3.63) is 29.6 Å². The zero-order chi connectivity index (χ0) is 13.2. The van der Waals surface area contributed by atoms with Crippen LogP contribution in [0.15, 0.2) is 12.1 Å². The number of imidazole rings is 1.